The summed E-state index contributed by atoms with van der Waals surface area (Å²) in [5.74, 6) is 1.81. The van der Waals surface area contributed by atoms with Gasteiger partial charge >= 0.3 is 0 Å². The zero-order valence-corrected chi connectivity index (χ0v) is 18.8. The minimum absolute atomic E-state index is 0.136. The quantitative estimate of drug-likeness (QED) is 0.381. The molecule has 3 heterocycles. The predicted octanol–water partition coefficient (Wildman–Crippen LogP) is 4.75. The lowest BCUT2D eigenvalue weighted by Crippen LogP contribution is -2.22. The van der Waals surface area contributed by atoms with Crippen LogP contribution in [0, 0.1) is 6.92 Å². The Balaban J connectivity index is 1.48. The third-order valence-electron chi connectivity index (χ3n) is 5.81. The first-order valence-electron chi connectivity index (χ1n) is 10.8. The minimum Gasteiger partial charge on any atom is -0.496 e. The molecule has 0 unspecified atom stereocenters. The van der Waals surface area contributed by atoms with Gasteiger partial charge in [0.2, 0.25) is 5.89 Å². The fraction of sp³-hybridized carbons (Fsp3) is 0.192. The Kier molecular flexibility index (Phi) is 5.30. The van der Waals surface area contributed by atoms with Gasteiger partial charge in [0.1, 0.15) is 22.7 Å². The highest BCUT2D eigenvalue weighted by atomic mass is 16.5. The Morgan fingerprint density at radius 3 is 2.61 bits per heavy atom. The van der Waals surface area contributed by atoms with Crippen molar-refractivity contribution in [3.63, 3.8) is 0 Å². The summed E-state index contributed by atoms with van der Waals surface area (Å²) in [5, 5.41) is 4.58. The molecule has 0 amide bonds. The number of hydrogen-bond acceptors (Lipinski definition) is 5. The third-order valence-corrected chi connectivity index (χ3v) is 5.81. The summed E-state index contributed by atoms with van der Waals surface area (Å²) in [4.78, 5) is 17.8. The molecule has 0 bridgehead atoms. The molecule has 3 aromatic heterocycles. The number of aryl methyl sites for hydroxylation is 2. The van der Waals surface area contributed by atoms with E-state index in [1.807, 2.05) is 49.4 Å². The number of nitrogens with zero attached hydrogens (tertiary/aromatic N) is 4. The van der Waals surface area contributed by atoms with Crippen LogP contribution in [-0.4, -0.2) is 26.3 Å². The molecule has 166 valence electrons. The summed E-state index contributed by atoms with van der Waals surface area (Å²) in [6.07, 6.45) is 4.50. The van der Waals surface area contributed by atoms with E-state index in [-0.39, 0.29) is 5.56 Å². The summed E-state index contributed by atoms with van der Waals surface area (Å²) in [5.41, 5.74) is 4.85. The van der Waals surface area contributed by atoms with Crippen molar-refractivity contribution < 1.29 is 9.15 Å². The van der Waals surface area contributed by atoms with E-state index in [1.54, 1.807) is 28.6 Å². The molecule has 0 N–H and O–H groups in total. The van der Waals surface area contributed by atoms with Gasteiger partial charge < -0.3 is 13.7 Å². The Morgan fingerprint density at radius 1 is 1.06 bits per heavy atom. The van der Waals surface area contributed by atoms with Crippen LogP contribution >= 0.6 is 0 Å². The Morgan fingerprint density at radius 2 is 1.85 bits per heavy atom. The molecule has 0 saturated heterocycles. The fourth-order valence-corrected chi connectivity index (χ4v) is 3.88. The zero-order valence-electron chi connectivity index (χ0n) is 18.8. The molecule has 0 aliphatic rings. The van der Waals surface area contributed by atoms with Crippen molar-refractivity contribution in [2.45, 2.75) is 26.8 Å². The molecule has 33 heavy (non-hydrogen) atoms. The van der Waals surface area contributed by atoms with E-state index < -0.39 is 0 Å². The SMILES string of the molecule is CCc1ccc(-c2cc3c(=O)n(Cc4nc(-c5ccccc5OC)oc4C)ccn3n2)cc1. The van der Waals surface area contributed by atoms with Crippen LogP contribution in [0.1, 0.15) is 23.9 Å². The molecule has 0 aliphatic heterocycles. The second-order valence-corrected chi connectivity index (χ2v) is 7.86. The van der Waals surface area contributed by atoms with Crippen LogP contribution in [0.15, 0.2) is 76.2 Å². The summed E-state index contributed by atoms with van der Waals surface area (Å²) >= 11 is 0. The number of fused-ring (bicyclic) bond motifs is 1. The lowest BCUT2D eigenvalue weighted by Gasteiger charge is -2.04. The first kappa shape index (κ1) is 20.8. The van der Waals surface area contributed by atoms with Gasteiger partial charge in [0, 0.05) is 18.0 Å². The molecule has 5 aromatic rings. The van der Waals surface area contributed by atoms with Crippen molar-refractivity contribution in [1.82, 2.24) is 19.2 Å². The van der Waals surface area contributed by atoms with Crippen LogP contribution in [0.4, 0.5) is 0 Å². The molecule has 0 spiro atoms. The second kappa shape index (κ2) is 8.43. The Labute approximate surface area is 190 Å². The molecule has 5 rings (SSSR count). The monoisotopic (exact) mass is 440 g/mol. The molecule has 0 fully saturated rings. The van der Waals surface area contributed by atoms with Gasteiger partial charge in [0.15, 0.2) is 0 Å². The van der Waals surface area contributed by atoms with Crippen molar-refractivity contribution in [2.75, 3.05) is 7.11 Å². The lowest BCUT2D eigenvalue weighted by atomic mass is 10.1. The highest BCUT2D eigenvalue weighted by molar-refractivity contribution is 5.66. The fourth-order valence-electron chi connectivity index (χ4n) is 3.88. The number of oxazole rings is 1. The summed E-state index contributed by atoms with van der Waals surface area (Å²) in [7, 11) is 1.61. The van der Waals surface area contributed by atoms with E-state index in [1.165, 1.54) is 5.56 Å². The maximum atomic E-state index is 13.2. The van der Waals surface area contributed by atoms with E-state index in [9.17, 15) is 4.79 Å². The first-order chi connectivity index (χ1) is 16.1. The zero-order chi connectivity index (χ0) is 22.9. The van der Waals surface area contributed by atoms with E-state index in [2.05, 4.69) is 29.1 Å². The number of rotatable bonds is 6. The number of aromatic nitrogens is 4. The summed E-state index contributed by atoms with van der Waals surface area (Å²) in [6.45, 7) is 4.27. The van der Waals surface area contributed by atoms with Gasteiger partial charge in [-0.25, -0.2) is 9.50 Å². The van der Waals surface area contributed by atoms with E-state index >= 15 is 0 Å². The average Bonchev–Trinajstić information content (AvgIpc) is 3.45. The van der Waals surface area contributed by atoms with Crippen LogP contribution in [0.5, 0.6) is 5.75 Å². The van der Waals surface area contributed by atoms with Crippen molar-refractivity contribution in [3.8, 4) is 28.5 Å². The second-order valence-electron chi connectivity index (χ2n) is 7.86. The highest BCUT2D eigenvalue weighted by Gasteiger charge is 2.16. The molecular weight excluding hydrogens is 416 g/mol. The van der Waals surface area contributed by atoms with E-state index in [4.69, 9.17) is 9.15 Å². The molecule has 0 radical (unpaired) electrons. The first-order valence-corrected chi connectivity index (χ1v) is 10.8. The van der Waals surface area contributed by atoms with Gasteiger partial charge in [-0.15, -0.1) is 0 Å². The minimum atomic E-state index is -0.136. The van der Waals surface area contributed by atoms with Crippen LogP contribution in [0.2, 0.25) is 0 Å². The normalized spacial score (nSPS) is 11.2. The van der Waals surface area contributed by atoms with Gasteiger partial charge in [-0.05, 0) is 37.1 Å². The molecule has 0 aliphatic carbocycles. The molecule has 0 saturated carbocycles. The Bertz CT molecular complexity index is 1490. The van der Waals surface area contributed by atoms with Crippen molar-refractivity contribution in [3.05, 3.63) is 94.4 Å². The summed E-state index contributed by atoms with van der Waals surface area (Å²) in [6, 6.07) is 17.6. The smallest absolute Gasteiger partial charge is 0.276 e. The van der Waals surface area contributed by atoms with Crippen molar-refractivity contribution in [1.29, 1.82) is 0 Å². The molecular formula is C26H24N4O3. The number of hydrogen-bond donors (Lipinski definition) is 0. The standard InChI is InChI=1S/C26H24N4O3/c1-4-18-9-11-19(12-10-18)21-15-23-26(31)29(13-14-30(23)28-21)16-22-17(2)33-25(27-22)20-7-5-6-8-24(20)32-3/h5-15H,4,16H2,1-3H3. The number of para-hydroxylation sites is 1. The van der Waals surface area contributed by atoms with Gasteiger partial charge in [-0.2, -0.15) is 5.10 Å². The largest absolute Gasteiger partial charge is 0.496 e. The van der Waals surface area contributed by atoms with Crippen LogP contribution in [0.25, 0.3) is 28.2 Å². The number of ether oxygens (including phenoxy) is 1. The lowest BCUT2D eigenvalue weighted by molar-refractivity contribution is 0.414. The molecule has 2 aromatic carbocycles. The highest BCUT2D eigenvalue weighted by Crippen LogP contribution is 2.30. The number of benzene rings is 2. The molecule has 0 atom stereocenters. The van der Waals surface area contributed by atoms with Gasteiger partial charge in [-0.1, -0.05) is 43.3 Å². The van der Waals surface area contributed by atoms with Crippen LogP contribution in [0.3, 0.4) is 0 Å². The van der Waals surface area contributed by atoms with Gasteiger partial charge in [0.25, 0.3) is 5.56 Å². The van der Waals surface area contributed by atoms with E-state index in [0.29, 0.717) is 35.2 Å². The molecule has 7 nitrogen and oxygen atoms in total. The van der Waals surface area contributed by atoms with Gasteiger partial charge in [0.05, 0.1) is 24.9 Å². The topological polar surface area (TPSA) is 74.6 Å². The van der Waals surface area contributed by atoms with Gasteiger partial charge in [-0.3, -0.25) is 4.79 Å². The number of methoxy groups -OCH3 is 1. The maximum absolute atomic E-state index is 13.2. The van der Waals surface area contributed by atoms with Crippen LogP contribution in [-0.2, 0) is 13.0 Å². The average molecular weight is 441 g/mol. The maximum Gasteiger partial charge on any atom is 0.276 e. The van der Waals surface area contributed by atoms with Crippen molar-refractivity contribution >= 4 is 5.52 Å². The predicted molar refractivity (Wildman–Crippen MR) is 127 cm³/mol. The van der Waals surface area contributed by atoms with Crippen molar-refractivity contribution in [2.24, 2.45) is 0 Å². The third kappa shape index (κ3) is 3.82. The Hall–Kier alpha value is -4.13. The molecule has 7 heteroatoms. The summed E-state index contributed by atoms with van der Waals surface area (Å²) < 4.78 is 14.6. The van der Waals surface area contributed by atoms with Crippen LogP contribution < -0.4 is 10.3 Å². The van der Waals surface area contributed by atoms with E-state index in [0.717, 1.165) is 23.2 Å².